The summed E-state index contributed by atoms with van der Waals surface area (Å²) in [6, 6.07) is -1.15. The zero-order chi connectivity index (χ0) is 32.6. The number of hydrogen-bond donors (Lipinski definition) is 4. The fourth-order valence-electron chi connectivity index (χ4n) is 4.45. The molecule has 1 fully saturated rings. The van der Waals surface area contributed by atoms with Gasteiger partial charge in [-0.2, -0.15) is 0 Å². The lowest BCUT2D eigenvalue weighted by molar-refractivity contribution is -0.166. The molecule has 0 bridgehead atoms. The van der Waals surface area contributed by atoms with Gasteiger partial charge in [0.25, 0.3) is 5.91 Å². The predicted molar refractivity (Wildman–Crippen MR) is 149 cm³/mol. The monoisotopic (exact) mass is 621 g/mol. The number of esters is 4. The molecule has 19 nitrogen and oxygen atoms in total. The minimum Gasteiger partial charge on any atom is -0.464 e. The summed E-state index contributed by atoms with van der Waals surface area (Å²) in [6.45, 7) is 4.85. The Labute approximate surface area is 250 Å². The number of hydrogen-bond acceptors (Lipinski definition) is 15. The molecule has 1 aliphatic heterocycles. The van der Waals surface area contributed by atoms with Gasteiger partial charge in [0, 0.05) is 27.3 Å². The van der Waals surface area contributed by atoms with Crippen LogP contribution in [0.15, 0.2) is 11.3 Å². The Hall–Kier alpha value is -5.07. The Morgan fingerprint density at radius 1 is 1.05 bits per heavy atom. The number of anilines is 1. The van der Waals surface area contributed by atoms with Gasteiger partial charge in [-0.25, -0.2) is 19.7 Å². The number of fused-ring (bicyclic) bond motifs is 1. The summed E-state index contributed by atoms with van der Waals surface area (Å²) < 4.78 is 28.4. The summed E-state index contributed by atoms with van der Waals surface area (Å²) >= 11 is 0. The lowest BCUT2D eigenvalue weighted by Crippen LogP contribution is -2.44. The third-order valence-corrected chi connectivity index (χ3v) is 6.13. The van der Waals surface area contributed by atoms with Gasteiger partial charge in [0.15, 0.2) is 41.4 Å². The Morgan fingerprint density at radius 3 is 2.34 bits per heavy atom. The highest BCUT2D eigenvalue weighted by molar-refractivity contribution is 5.98. The van der Waals surface area contributed by atoms with E-state index in [-0.39, 0.29) is 48.3 Å². The van der Waals surface area contributed by atoms with Crippen LogP contribution in [0.5, 0.6) is 0 Å². The molecule has 19 heteroatoms. The van der Waals surface area contributed by atoms with Crippen molar-refractivity contribution in [3.8, 4) is 0 Å². The van der Waals surface area contributed by atoms with Crippen molar-refractivity contribution in [1.29, 1.82) is 0 Å². The second kappa shape index (κ2) is 14.9. The van der Waals surface area contributed by atoms with Crippen molar-refractivity contribution in [2.75, 3.05) is 25.5 Å². The van der Waals surface area contributed by atoms with E-state index in [4.69, 9.17) is 40.9 Å². The van der Waals surface area contributed by atoms with Crippen molar-refractivity contribution in [3.63, 3.8) is 0 Å². The molecule has 0 radical (unpaired) electrons. The van der Waals surface area contributed by atoms with Gasteiger partial charge in [0.05, 0.1) is 6.61 Å². The van der Waals surface area contributed by atoms with Crippen LogP contribution in [-0.2, 0) is 42.9 Å². The number of nitrogens with one attached hydrogen (secondary N) is 1. The summed E-state index contributed by atoms with van der Waals surface area (Å²) in [5.41, 5.74) is 16.7. The standard InChI is InChI=1S/C25H35N9O10/c1-5-40-24(39)14(7-6-8-29-25(27)28)32-22(38)21-33-16-19(26)30-10-31-20(16)34(21)23-18(43-13(4)37)17(42-12(3)36)15(44-23)9-41-11(2)35/h10,14-15,17-18,23H,5-9H2,1-4H3,(H,32,38)(H2,26,30,31)(H4,27,28,29)/t14-,15+,17+,18+,23+/m0/s1. The highest BCUT2D eigenvalue weighted by Gasteiger charge is 2.52. The molecule has 1 saturated heterocycles. The molecule has 5 atom stereocenters. The maximum atomic E-state index is 13.8. The fourth-order valence-corrected chi connectivity index (χ4v) is 4.45. The Morgan fingerprint density at radius 2 is 1.73 bits per heavy atom. The number of imidazole rings is 1. The normalized spacial score (nSPS) is 19.9. The van der Waals surface area contributed by atoms with Crippen molar-refractivity contribution >= 4 is 52.7 Å². The maximum Gasteiger partial charge on any atom is 0.328 e. The third-order valence-electron chi connectivity index (χ3n) is 6.13. The molecule has 2 aromatic rings. The SMILES string of the molecule is CCOC(=O)[C@H](CCCN=C(N)N)NC(=O)c1nc2c(N)ncnc2n1[C@@H]1O[C@H](COC(C)=O)[C@@H](OC(C)=O)[C@H]1OC(C)=O. The number of aliphatic imine (C=N–C) groups is 1. The molecule has 0 aromatic carbocycles. The Bertz CT molecular complexity index is 1420. The first-order valence-corrected chi connectivity index (χ1v) is 13.5. The van der Waals surface area contributed by atoms with Crippen molar-refractivity contribution in [2.24, 2.45) is 16.5 Å². The summed E-state index contributed by atoms with van der Waals surface area (Å²) in [5, 5.41) is 2.59. The minimum absolute atomic E-state index is 0.0139. The van der Waals surface area contributed by atoms with Crippen LogP contribution in [0.2, 0.25) is 0 Å². The van der Waals surface area contributed by atoms with Gasteiger partial charge in [-0.3, -0.25) is 28.7 Å². The van der Waals surface area contributed by atoms with Crippen LogP contribution in [0.3, 0.4) is 0 Å². The van der Waals surface area contributed by atoms with Crippen LogP contribution in [0.25, 0.3) is 11.2 Å². The first-order chi connectivity index (χ1) is 20.8. The van der Waals surface area contributed by atoms with E-state index in [1.807, 2.05) is 0 Å². The molecule has 0 aliphatic carbocycles. The number of ether oxygens (including phenoxy) is 5. The molecular weight excluding hydrogens is 586 g/mol. The highest BCUT2D eigenvalue weighted by Crippen LogP contribution is 2.37. The van der Waals surface area contributed by atoms with Crippen LogP contribution in [0.4, 0.5) is 5.82 Å². The van der Waals surface area contributed by atoms with Gasteiger partial charge in [-0.15, -0.1) is 0 Å². The van der Waals surface area contributed by atoms with Crippen molar-refractivity contribution < 1.29 is 47.7 Å². The lowest BCUT2D eigenvalue weighted by Gasteiger charge is -2.24. The van der Waals surface area contributed by atoms with Crippen LogP contribution >= 0.6 is 0 Å². The van der Waals surface area contributed by atoms with Crippen molar-refractivity contribution in [1.82, 2.24) is 24.8 Å². The number of amides is 1. The zero-order valence-electron chi connectivity index (χ0n) is 24.6. The first-order valence-electron chi connectivity index (χ1n) is 13.5. The molecule has 0 spiro atoms. The van der Waals surface area contributed by atoms with Crippen LogP contribution in [0.1, 0.15) is 57.4 Å². The van der Waals surface area contributed by atoms with Gasteiger partial charge < -0.3 is 46.2 Å². The molecule has 3 rings (SSSR count). The van der Waals surface area contributed by atoms with Crippen LogP contribution < -0.4 is 22.5 Å². The van der Waals surface area contributed by atoms with Gasteiger partial charge in [0.1, 0.15) is 25.1 Å². The largest absolute Gasteiger partial charge is 0.464 e. The van der Waals surface area contributed by atoms with Crippen molar-refractivity contribution in [3.05, 3.63) is 12.2 Å². The molecule has 1 aliphatic rings. The van der Waals surface area contributed by atoms with Gasteiger partial charge >= 0.3 is 23.9 Å². The van der Waals surface area contributed by atoms with E-state index in [1.165, 1.54) is 11.5 Å². The van der Waals surface area contributed by atoms with E-state index in [2.05, 4.69) is 25.3 Å². The number of carbonyl (C=O) groups is 5. The Balaban J connectivity index is 2.09. The summed E-state index contributed by atoms with van der Waals surface area (Å²) in [5.74, 6) is -4.39. The zero-order valence-corrected chi connectivity index (χ0v) is 24.6. The topological polar surface area (TPSA) is 278 Å². The molecule has 240 valence electrons. The fraction of sp³-hybridized carbons (Fsp3) is 0.560. The summed E-state index contributed by atoms with van der Waals surface area (Å²) in [7, 11) is 0. The second-order valence-electron chi connectivity index (χ2n) is 9.48. The smallest absolute Gasteiger partial charge is 0.328 e. The van der Waals surface area contributed by atoms with E-state index in [0.29, 0.717) is 6.42 Å². The van der Waals surface area contributed by atoms with Crippen LogP contribution in [-0.4, -0.2) is 99.4 Å². The predicted octanol–water partition coefficient (Wildman–Crippen LogP) is -1.55. The van der Waals surface area contributed by atoms with Crippen molar-refractivity contribution in [2.45, 2.75) is 71.1 Å². The average Bonchev–Trinajstić information content (AvgIpc) is 3.47. The quantitative estimate of drug-likeness (QED) is 0.0647. The van der Waals surface area contributed by atoms with Gasteiger partial charge in [-0.1, -0.05) is 0 Å². The third kappa shape index (κ3) is 8.27. The molecule has 44 heavy (non-hydrogen) atoms. The van der Waals surface area contributed by atoms with E-state index in [0.717, 1.165) is 20.2 Å². The number of carbonyl (C=O) groups excluding carboxylic acids is 5. The minimum atomic E-state index is -1.41. The second-order valence-corrected chi connectivity index (χ2v) is 9.48. The maximum absolute atomic E-state index is 13.8. The highest BCUT2D eigenvalue weighted by atomic mass is 16.7. The average molecular weight is 622 g/mol. The van der Waals surface area contributed by atoms with Crippen LogP contribution in [0, 0.1) is 0 Å². The number of nitrogens with zero attached hydrogens (tertiary/aromatic N) is 5. The van der Waals surface area contributed by atoms with E-state index < -0.39 is 67.0 Å². The molecule has 0 saturated carbocycles. The number of rotatable bonds is 13. The lowest BCUT2D eigenvalue weighted by atomic mass is 10.1. The molecular formula is C25H35N9O10. The Kier molecular flexibility index (Phi) is 11.3. The summed E-state index contributed by atoms with van der Waals surface area (Å²) in [4.78, 5) is 78.5. The molecule has 7 N–H and O–H groups in total. The van der Waals surface area contributed by atoms with E-state index >= 15 is 0 Å². The summed E-state index contributed by atoms with van der Waals surface area (Å²) in [6.07, 6.45) is -3.71. The van der Waals surface area contributed by atoms with Gasteiger partial charge in [0.2, 0.25) is 5.82 Å². The number of aromatic nitrogens is 4. The molecule has 1 amide bonds. The van der Waals surface area contributed by atoms with E-state index in [9.17, 15) is 24.0 Å². The van der Waals surface area contributed by atoms with E-state index in [1.54, 1.807) is 6.92 Å². The number of nitrogen functional groups attached to an aromatic ring is 1. The number of nitrogens with two attached hydrogens (primary N) is 3. The molecule has 0 unspecified atom stereocenters. The first kappa shape index (κ1) is 33.4. The molecule has 3 heterocycles. The number of guanidine groups is 1. The van der Waals surface area contributed by atoms with Gasteiger partial charge in [-0.05, 0) is 19.8 Å². The molecule has 2 aromatic heterocycles.